The summed E-state index contributed by atoms with van der Waals surface area (Å²) in [5.74, 6) is -2.72. The van der Waals surface area contributed by atoms with Crippen molar-refractivity contribution in [1.82, 2.24) is 9.97 Å². The van der Waals surface area contributed by atoms with Crippen LogP contribution in [0.25, 0.3) is 11.0 Å². The molecule has 2 aromatic rings. The largest absolute Gasteiger partial charge is 0.478 e. The Morgan fingerprint density at radius 2 is 1.31 bits per heavy atom. The van der Waals surface area contributed by atoms with Gasteiger partial charge < -0.3 is 20.2 Å². The number of aromatic carboxylic acids is 2. The fourth-order valence-corrected chi connectivity index (χ4v) is 1.44. The maximum Gasteiger partial charge on any atom is 0.336 e. The summed E-state index contributed by atoms with van der Waals surface area (Å²) in [7, 11) is 0. The topological polar surface area (TPSA) is 123 Å². The highest BCUT2D eigenvalue weighted by Gasteiger charge is 2.17. The fourth-order valence-electron chi connectivity index (χ4n) is 1.44. The highest BCUT2D eigenvalue weighted by molar-refractivity contribution is 6.05. The van der Waals surface area contributed by atoms with Crippen LogP contribution in [0.15, 0.2) is 16.9 Å². The van der Waals surface area contributed by atoms with Crippen molar-refractivity contribution < 1.29 is 19.8 Å². The monoisotopic (exact) mass is 222 g/mol. The molecule has 7 nitrogen and oxygen atoms in total. The van der Waals surface area contributed by atoms with E-state index in [-0.39, 0.29) is 22.2 Å². The van der Waals surface area contributed by atoms with E-state index < -0.39 is 17.6 Å². The van der Waals surface area contributed by atoms with Crippen LogP contribution in [0, 0.1) is 0 Å². The first-order chi connectivity index (χ1) is 7.49. The van der Waals surface area contributed by atoms with Gasteiger partial charge in [0.2, 0.25) is 0 Å². The molecule has 82 valence electrons. The van der Waals surface area contributed by atoms with Crippen molar-refractivity contribution >= 4 is 23.0 Å². The quantitative estimate of drug-likeness (QED) is 0.580. The number of aromatic amines is 2. The van der Waals surface area contributed by atoms with Gasteiger partial charge in [0, 0.05) is 0 Å². The molecule has 1 aromatic carbocycles. The number of carboxylic acid groups (broad SMARTS) is 2. The molecule has 0 saturated heterocycles. The minimum Gasteiger partial charge on any atom is -0.478 e. The lowest BCUT2D eigenvalue weighted by Crippen LogP contribution is -2.07. The van der Waals surface area contributed by atoms with E-state index in [0.29, 0.717) is 0 Å². The summed E-state index contributed by atoms with van der Waals surface area (Å²) < 4.78 is 0. The zero-order chi connectivity index (χ0) is 11.9. The van der Waals surface area contributed by atoms with Gasteiger partial charge in [-0.3, -0.25) is 0 Å². The molecule has 0 aliphatic heterocycles. The zero-order valence-electron chi connectivity index (χ0n) is 7.77. The first-order valence-corrected chi connectivity index (χ1v) is 4.21. The second-order valence-electron chi connectivity index (χ2n) is 3.13. The second kappa shape index (κ2) is 3.23. The summed E-state index contributed by atoms with van der Waals surface area (Å²) in [4.78, 5) is 37.3. The molecule has 0 aliphatic rings. The summed E-state index contributed by atoms with van der Waals surface area (Å²) in [6.45, 7) is 0. The Kier molecular flexibility index (Phi) is 2.01. The number of rotatable bonds is 2. The lowest BCUT2D eigenvalue weighted by molar-refractivity contribution is 0.0652. The first kappa shape index (κ1) is 9.97. The van der Waals surface area contributed by atoms with Crippen molar-refractivity contribution in [1.29, 1.82) is 0 Å². The number of benzene rings is 1. The second-order valence-corrected chi connectivity index (χ2v) is 3.13. The Hall–Kier alpha value is -2.57. The predicted molar refractivity (Wildman–Crippen MR) is 52.8 cm³/mol. The number of imidazole rings is 1. The van der Waals surface area contributed by atoms with Crippen LogP contribution in [0.5, 0.6) is 0 Å². The van der Waals surface area contributed by atoms with Crippen molar-refractivity contribution in [2.45, 2.75) is 0 Å². The SMILES string of the molecule is O=C(O)c1cc2[nH]c(=O)[nH]c2cc1C(=O)O. The minimum atomic E-state index is -1.36. The molecule has 0 amide bonds. The average Bonchev–Trinajstić information content (AvgIpc) is 2.54. The van der Waals surface area contributed by atoms with Gasteiger partial charge in [-0.25, -0.2) is 14.4 Å². The number of carboxylic acids is 2. The van der Waals surface area contributed by atoms with Crippen LogP contribution in [0.4, 0.5) is 0 Å². The molecule has 4 N–H and O–H groups in total. The van der Waals surface area contributed by atoms with Crippen molar-refractivity contribution in [3.63, 3.8) is 0 Å². The van der Waals surface area contributed by atoms with Crippen LogP contribution in [-0.2, 0) is 0 Å². The molecule has 0 radical (unpaired) electrons. The maximum atomic E-state index is 10.9. The molecule has 16 heavy (non-hydrogen) atoms. The smallest absolute Gasteiger partial charge is 0.336 e. The molecule has 1 heterocycles. The normalized spacial score (nSPS) is 10.5. The maximum absolute atomic E-state index is 10.9. The Morgan fingerprint density at radius 3 is 1.62 bits per heavy atom. The highest BCUT2D eigenvalue weighted by atomic mass is 16.4. The van der Waals surface area contributed by atoms with Gasteiger partial charge in [-0.05, 0) is 12.1 Å². The molecule has 0 atom stereocenters. The van der Waals surface area contributed by atoms with E-state index in [1.54, 1.807) is 0 Å². The summed E-state index contributed by atoms with van der Waals surface area (Å²) in [5, 5.41) is 17.6. The molecule has 0 bridgehead atoms. The van der Waals surface area contributed by atoms with Gasteiger partial charge in [-0.1, -0.05) is 0 Å². The lowest BCUT2D eigenvalue weighted by atomic mass is 10.1. The van der Waals surface area contributed by atoms with Gasteiger partial charge in [0.05, 0.1) is 22.2 Å². The van der Waals surface area contributed by atoms with E-state index in [1.807, 2.05) is 0 Å². The number of H-pyrrole nitrogens is 2. The minimum absolute atomic E-state index is 0.257. The van der Waals surface area contributed by atoms with E-state index in [4.69, 9.17) is 10.2 Å². The fraction of sp³-hybridized carbons (Fsp3) is 0. The zero-order valence-corrected chi connectivity index (χ0v) is 7.77. The standard InChI is InChI=1S/C9H6N2O5/c12-7(13)3-1-5-6(11-9(16)10-5)2-4(3)8(14)15/h1-2H,(H,12,13)(H,14,15)(H2,10,11,16). The molecular weight excluding hydrogens is 216 g/mol. The number of fused-ring (bicyclic) bond motifs is 1. The summed E-state index contributed by atoms with van der Waals surface area (Å²) in [6, 6.07) is 2.22. The van der Waals surface area contributed by atoms with Gasteiger partial charge in [0.15, 0.2) is 0 Å². The molecule has 0 saturated carbocycles. The molecule has 1 aromatic heterocycles. The molecule has 2 rings (SSSR count). The van der Waals surface area contributed by atoms with Crippen molar-refractivity contribution in [2.24, 2.45) is 0 Å². The third-order valence-electron chi connectivity index (χ3n) is 2.11. The van der Waals surface area contributed by atoms with Gasteiger partial charge in [0.25, 0.3) is 0 Å². The van der Waals surface area contributed by atoms with Gasteiger partial charge in [-0.15, -0.1) is 0 Å². The number of hydrogen-bond donors (Lipinski definition) is 4. The van der Waals surface area contributed by atoms with E-state index >= 15 is 0 Å². The molecule has 0 unspecified atom stereocenters. The molecule has 0 spiro atoms. The first-order valence-electron chi connectivity index (χ1n) is 4.21. The van der Waals surface area contributed by atoms with Gasteiger partial charge >= 0.3 is 17.6 Å². The molecule has 0 fully saturated rings. The number of nitrogens with one attached hydrogen (secondary N) is 2. The van der Waals surface area contributed by atoms with E-state index in [2.05, 4.69) is 9.97 Å². The highest BCUT2D eigenvalue weighted by Crippen LogP contribution is 2.16. The Bertz CT molecular complexity index is 597. The number of carbonyl (C=O) groups is 2. The molecule has 0 aliphatic carbocycles. The summed E-state index contributed by atoms with van der Waals surface area (Å²) in [5.41, 5.74) is -0.737. The number of aromatic nitrogens is 2. The molecule has 7 heteroatoms. The van der Waals surface area contributed by atoms with Crippen LogP contribution in [0.1, 0.15) is 20.7 Å². The van der Waals surface area contributed by atoms with Crippen LogP contribution in [0.3, 0.4) is 0 Å². The Morgan fingerprint density at radius 1 is 0.938 bits per heavy atom. The van der Waals surface area contributed by atoms with Crippen LogP contribution in [-0.4, -0.2) is 32.1 Å². The third-order valence-corrected chi connectivity index (χ3v) is 2.11. The Labute approximate surface area is 87.3 Å². The molecular formula is C9H6N2O5. The van der Waals surface area contributed by atoms with Gasteiger partial charge in [0.1, 0.15) is 0 Å². The van der Waals surface area contributed by atoms with Crippen molar-refractivity contribution in [3.05, 3.63) is 33.7 Å². The predicted octanol–water partition coefficient (Wildman–Crippen LogP) is 0.253. The lowest BCUT2D eigenvalue weighted by Gasteiger charge is -2.00. The van der Waals surface area contributed by atoms with Gasteiger partial charge in [-0.2, -0.15) is 0 Å². The number of hydrogen-bond acceptors (Lipinski definition) is 3. The third kappa shape index (κ3) is 1.44. The van der Waals surface area contributed by atoms with Crippen molar-refractivity contribution in [2.75, 3.05) is 0 Å². The van der Waals surface area contributed by atoms with E-state index in [1.165, 1.54) is 0 Å². The average molecular weight is 222 g/mol. The Balaban J connectivity index is 2.85. The van der Waals surface area contributed by atoms with E-state index in [9.17, 15) is 14.4 Å². The van der Waals surface area contributed by atoms with Crippen LogP contribution < -0.4 is 5.69 Å². The van der Waals surface area contributed by atoms with Crippen LogP contribution in [0.2, 0.25) is 0 Å². The van der Waals surface area contributed by atoms with Crippen molar-refractivity contribution in [3.8, 4) is 0 Å². The van der Waals surface area contributed by atoms with Crippen LogP contribution >= 0.6 is 0 Å². The summed E-state index contributed by atoms with van der Waals surface area (Å²) in [6.07, 6.45) is 0. The van der Waals surface area contributed by atoms with E-state index in [0.717, 1.165) is 12.1 Å². The summed E-state index contributed by atoms with van der Waals surface area (Å²) >= 11 is 0.